The average molecular weight is 307 g/mol. The van der Waals surface area contributed by atoms with Crippen LogP contribution in [0.25, 0.3) is 10.2 Å². The van der Waals surface area contributed by atoms with Crippen LogP contribution in [0.3, 0.4) is 0 Å². The molecular weight excluding hydrogens is 290 g/mol. The predicted octanol–water partition coefficient (Wildman–Crippen LogP) is 2.06. The fraction of sp³-hybridized carbons (Fsp3) is 0.429. The number of aromatic amines is 1. The number of nitrogens with zero attached hydrogens (tertiary/aromatic N) is 1. The Kier molecular flexibility index (Phi) is 5.24. The topological polar surface area (TPSA) is 57.8 Å². The Bertz CT molecular complexity index is 697. The van der Waals surface area contributed by atoms with Crippen molar-refractivity contribution in [2.24, 2.45) is 0 Å². The van der Waals surface area contributed by atoms with Crippen molar-refractivity contribution in [2.75, 3.05) is 18.1 Å². The zero-order valence-electron chi connectivity index (χ0n) is 11.6. The zero-order valence-corrected chi connectivity index (χ0v) is 13.2. The van der Waals surface area contributed by atoms with Gasteiger partial charge in [0.2, 0.25) is 0 Å². The Morgan fingerprint density at radius 1 is 1.50 bits per heavy atom. The number of hydrogen-bond donors (Lipinski definition) is 2. The van der Waals surface area contributed by atoms with Crippen LogP contribution in [0.1, 0.15) is 16.3 Å². The maximum absolute atomic E-state index is 12.1. The fourth-order valence-corrected chi connectivity index (χ4v) is 3.46. The molecular formula is C14H17N3OS2. The van der Waals surface area contributed by atoms with Crippen molar-refractivity contribution in [1.29, 1.82) is 0 Å². The highest BCUT2D eigenvalue weighted by atomic mass is 32.2. The molecule has 20 heavy (non-hydrogen) atoms. The third-order valence-electron chi connectivity index (χ3n) is 2.99. The van der Waals surface area contributed by atoms with Crippen LogP contribution in [0.5, 0.6) is 0 Å². The number of H-pyrrole nitrogens is 1. The van der Waals surface area contributed by atoms with Gasteiger partial charge in [0.25, 0.3) is 5.56 Å². The van der Waals surface area contributed by atoms with Gasteiger partial charge in [-0.05, 0) is 19.4 Å². The molecule has 4 nitrogen and oxygen atoms in total. The van der Waals surface area contributed by atoms with Gasteiger partial charge in [-0.3, -0.25) is 4.79 Å². The van der Waals surface area contributed by atoms with E-state index in [4.69, 9.17) is 6.42 Å². The molecule has 6 heteroatoms. The molecule has 0 atom stereocenters. The number of hydrogen-bond acceptors (Lipinski definition) is 5. The van der Waals surface area contributed by atoms with Gasteiger partial charge in [0.1, 0.15) is 10.7 Å². The highest BCUT2D eigenvalue weighted by Gasteiger charge is 2.11. The summed E-state index contributed by atoms with van der Waals surface area (Å²) < 4.78 is 0. The van der Waals surface area contributed by atoms with Gasteiger partial charge in [0, 0.05) is 17.2 Å². The lowest BCUT2D eigenvalue weighted by atomic mass is 10.2. The van der Waals surface area contributed by atoms with Crippen LogP contribution in [-0.4, -0.2) is 28.0 Å². The molecule has 0 saturated heterocycles. The number of terminal acetylenes is 1. The smallest absolute Gasteiger partial charge is 0.259 e. The lowest BCUT2D eigenvalue weighted by Gasteiger charge is -2.03. The summed E-state index contributed by atoms with van der Waals surface area (Å²) in [4.78, 5) is 21.4. The van der Waals surface area contributed by atoms with Crippen molar-refractivity contribution >= 4 is 33.3 Å². The minimum absolute atomic E-state index is 0.0460. The summed E-state index contributed by atoms with van der Waals surface area (Å²) >= 11 is 3.28. The molecule has 0 aliphatic carbocycles. The number of thiophene rings is 1. The first-order chi connectivity index (χ1) is 9.63. The van der Waals surface area contributed by atoms with E-state index in [2.05, 4.69) is 21.2 Å². The van der Waals surface area contributed by atoms with Crippen LogP contribution in [0.4, 0.5) is 0 Å². The van der Waals surface area contributed by atoms with Crippen LogP contribution in [-0.2, 0) is 6.54 Å². The first-order valence-corrected chi connectivity index (χ1v) is 8.31. The molecule has 0 radical (unpaired) electrons. The van der Waals surface area contributed by atoms with Crippen molar-refractivity contribution in [3.05, 3.63) is 26.6 Å². The summed E-state index contributed by atoms with van der Waals surface area (Å²) in [6.45, 7) is 5.39. The van der Waals surface area contributed by atoms with Gasteiger partial charge >= 0.3 is 0 Å². The third kappa shape index (κ3) is 3.42. The Labute approximate surface area is 126 Å². The number of rotatable bonds is 6. The summed E-state index contributed by atoms with van der Waals surface area (Å²) in [5.74, 6) is 4.96. The Balaban J connectivity index is 2.02. The first kappa shape index (κ1) is 15.1. The van der Waals surface area contributed by atoms with E-state index in [1.807, 2.05) is 13.8 Å². The second-order valence-electron chi connectivity index (χ2n) is 4.41. The van der Waals surface area contributed by atoms with E-state index in [0.717, 1.165) is 38.7 Å². The molecule has 2 aromatic rings. The fourth-order valence-electron chi connectivity index (χ4n) is 1.87. The summed E-state index contributed by atoms with van der Waals surface area (Å²) in [6, 6.07) is 0. The molecule has 2 rings (SSSR count). The summed E-state index contributed by atoms with van der Waals surface area (Å²) in [7, 11) is 0. The highest BCUT2D eigenvalue weighted by molar-refractivity contribution is 7.99. The van der Waals surface area contributed by atoms with Crippen molar-refractivity contribution in [3.8, 4) is 12.3 Å². The first-order valence-electron chi connectivity index (χ1n) is 6.34. The van der Waals surface area contributed by atoms with E-state index >= 15 is 0 Å². The minimum atomic E-state index is -0.0460. The second kappa shape index (κ2) is 6.93. The van der Waals surface area contributed by atoms with E-state index in [9.17, 15) is 4.79 Å². The normalized spacial score (nSPS) is 10.8. The van der Waals surface area contributed by atoms with Gasteiger partial charge in [0.05, 0.1) is 17.7 Å². The molecule has 2 N–H and O–H groups in total. The molecule has 0 aliphatic heterocycles. The van der Waals surface area contributed by atoms with Crippen molar-refractivity contribution in [3.63, 3.8) is 0 Å². The number of thioether (sulfide) groups is 1. The molecule has 106 valence electrons. The van der Waals surface area contributed by atoms with Crippen LogP contribution in [0, 0.1) is 26.2 Å². The van der Waals surface area contributed by atoms with Crippen molar-refractivity contribution in [2.45, 2.75) is 20.4 Å². The zero-order chi connectivity index (χ0) is 14.5. The van der Waals surface area contributed by atoms with Gasteiger partial charge in [0.15, 0.2) is 0 Å². The number of nitrogens with one attached hydrogen (secondary N) is 2. The second-order valence-corrected chi connectivity index (χ2v) is 6.72. The quantitative estimate of drug-likeness (QED) is 0.633. The molecule has 0 bridgehead atoms. The maximum Gasteiger partial charge on any atom is 0.259 e. The average Bonchev–Trinajstić information content (AvgIpc) is 2.69. The van der Waals surface area contributed by atoms with Gasteiger partial charge in [-0.15, -0.1) is 29.5 Å². The van der Waals surface area contributed by atoms with E-state index in [1.54, 1.807) is 23.1 Å². The molecule has 0 spiro atoms. The molecule has 2 aromatic heterocycles. The van der Waals surface area contributed by atoms with Crippen LogP contribution >= 0.6 is 23.1 Å². The molecule has 0 amide bonds. The molecule has 2 heterocycles. The molecule has 0 aromatic carbocycles. The van der Waals surface area contributed by atoms with Crippen LogP contribution in [0.2, 0.25) is 0 Å². The number of aromatic nitrogens is 2. The molecule has 0 saturated carbocycles. The Morgan fingerprint density at radius 3 is 3.05 bits per heavy atom. The summed E-state index contributed by atoms with van der Waals surface area (Å²) in [6.07, 6.45) is 5.18. The molecule has 0 aliphatic rings. The van der Waals surface area contributed by atoms with E-state index < -0.39 is 0 Å². The Morgan fingerprint density at radius 2 is 2.30 bits per heavy atom. The maximum atomic E-state index is 12.1. The lowest BCUT2D eigenvalue weighted by Crippen LogP contribution is -2.21. The van der Waals surface area contributed by atoms with Gasteiger partial charge in [-0.25, -0.2) is 4.98 Å². The molecule has 0 fully saturated rings. The van der Waals surface area contributed by atoms with Crippen molar-refractivity contribution in [1.82, 2.24) is 15.3 Å². The monoisotopic (exact) mass is 307 g/mol. The third-order valence-corrected chi connectivity index (χ3v) is 4.95. The summed E-state index contributed by atoms with van der Waals surface area (Å²) in [5.41, 5.74) is 0.985. The van der Waals surface area contributed by atoms with Crippen molar-refractivity contribution < 1.29 is 0 Å². The standard InChI is InChI=1S/C14H17N3OS2/c1-4-6-19-7-5-15-8-11-16-13(18)12-9(2)10(3)20-14(12)17-11/h1,15H,5-8H2,2-3H3,(H,16,17,18). The SMILES string of the molecule is C#CCSCCNCc1nc2sc(C)c(C)c2c(=O)[nH]1. The van der Waals surface area contributed by atoms with Crippen LogP contribution < -0.4 is 10.9 Å². The lowest BCUT2D eigenvalue weighted by molar-refractivity contribution is 0.696. The minimum Gasteiger partial charge on any atom is -0.309 e. The van der Waals surface area contributed by atoms with Gasteiger partial charge in [-0.2, -0.15) is 0 Å². The van der Waals surface area contributed by atoms with Gasteiger partial charge < -0.3 is 10.3 Å². The molecule has 0 unspecified atom stereocenters. The Hall–Kier alpha value is -1.29. The number of fused-ring (bicyclic) bond motifs is 1. The van der Waals surface area contributed by atoms with Crippen LogP contribution in [0.15, 0.2) is 4.79 Å². The predicted molar refractivity (Wildman–Crippen MR) is 87.6 cm³/mol. The van der Waals surface area contributed by atoms with E-state index in [1.165, 1.54) is 0 Å². The van der Waals surface area contributed by atoms with E-state index in [-0.39, 0.29) is 5.56 Å². The van der Waals surface area contributed by atoms with Gasteiger partial charge in [-0.1, -0.05) is 5.92 Å². The summed E-state index contributed by atoms with van der Waals surface area (Å²) in [5, 5.41) is 3.98. The number of aryl methyl sites for hydroxylation is 2. The highest BCUT2D eigenvalue weighted by Crippen LogP contribution is 2.25. The van der Waals surface area contributed by atoms with E-state index in [0.29, 0.717) is 12.4 Å². The largest absolute Gasteiger partial charge is 0.309 e.